The predicted molar refractivity (Wildman–Crippen MR) is 76.4 cm³/mol. The first-order chi connectivity index (χ1) is 9.69. The zero-order valence-electron chi connectivity index (χ0n) is 10.7. The van der Waals surface area contributed by atoms with Gasteiger partial charge in [0.15, 0.2) is 0 Å². The Morgan fingerprint density at radius 1 is 1.45 bits per heavy atom. The molecule has 0 aliphatic carbocycles. The van der Waals surface area contributed by atoms with Crippen molar-refractivity contribution in [1.29, 1.82) is 5.26 Å². The Hall–Kier alpha value is -3.00. The number of nitrogen functional groups attached to an aromatic ring is 1. The SMILES string of the molecule is C=CCNc1oc(C(=O)c2ccccc2)c(N)c1C#N. The van der Waals surface area contributed by atoms with Crippen molar-refractivity contribution in [3.05, 3.63) is 59.9 Å². The Bertz CT molecular complexity index is 681. The topological polar surface area (TPSA) is 92.1 Å². The fraction of sp³-hybridized carbons (Fsp3) is 0.0667. The molecule has 5 nitrogen and oxygen atoms in total. The van der Waals surface area contributed by atoms with Crippen molar-refractivity contribution in [3.63, 3.8) is 0 Å². The number of carbonyl (C=O) groups is 1. The van der Waals surface area contributed by atoms with E-state index in [1.165, 1.54) is 0 Å². The van der Waals surface area contributed by atoms with Crippen LogP contribution in [0.2, 0.25) is 0 Å². The molecule has 100 valence electrons. The number of nitriles is 1. The second-order valence-corrected chi connectivity index (χ2v) is 4.03. The molecule has 0 aliphatic heterocycles. The lowest BCUT2D eigenvalue weighted by atomic mass is 10.1. The first-order valence-corrected chi connectivity index (χ1v) is 5.96. The van der Waals surface area contributed by atoms with Crippen LogP contribution in [0, 0.1) is 11.3 Å². The molecule has 0 atom stereocenters. The minimum atomic E-state index is -0.355. The summed E-state index contributed by atoms with van der Waals surface area (Å²) in [6, 6.07) is 10.5. The number of nitrogens with one attached hydrogen (secondary N) is 1. The molecule has 1 aromatic heterocycles. The monoisotopic (exact) mass is 267 g/mol. The molecule has 0 amide bonds. The molecule has 5 heteroatoms. The van der Waals surface area contributed by atoms with Crippen molar-refractivity contribution in [2.45, 2.75) is 0 Å². The third-order valence-electron chi connectivity index (χ3n) is 2.71. The Morgan fingerprint density at radius 3 is 2.75 bits per heavy atom. The van der Waals surface area contributed by atoms with E-state index in [1.807, 2.05) is 6.07 Å². The number of benzene rings is 1. The second-order valence-electron chi connectivity index (χ2n) is 4.03. The van der Waals surface area contributed by atoms with Crippen LogP contribution < -0.4 is 11.1 Å². The molecule has 0 spiro atoms. The van der Waals surface area contributed by atoms with Gasteiger partial charge >= 0.3 is 0 Å². The number of nitrogens with two attached hydrogens (primary N) is 1. The Labute approximate surface area is 116 Å². The number of ketones is 1. The van der Waals surface area contributed by atoms with Crippen molar-refractivity contribution < 1.29 is 9.21 Å². The van der Waals surface area contributed by atoms with Gasteiger partial charge < -0.3 is 15.5 Å². The van der Waals surface area contributed by atoms with E-state index >= 15 is 0 Å². The fourth-order valence-electron chi connectivity index (χ4n) is 1.73. The van der Waals surface area contributed by atoms with Crippen molar-refractivity contribution >= 4 is 17.4 Å². The van der Waals surface area contributed by atoms with E-state index in [4.69, 9.17) is 15.4 Å². The number of hydrogen-bond donors (Lipinski definition) is 2. The van der Waals surface area contributed by atoms with Gasteiger partial charge in [0.25, 0.3) is 0 Å². The highest BCUT2D eigenvalue weighted by molar-refractivity contribution is 6.11. The minimum absolute atomic E-state index is 0.0284. The van der Waals surface area contributed by atoms with E-state index in [1.54, 1.807) is 36.4 Å². The van der Waals surface area contributed by atoms with E-state index in [-0.39, 0.29) is 28.7 Å². The first kappa shape index (κ1) is 13.4. The molecule has 0 unspecified atom stereocenters. The van der Waals surface area contributed by atoms with Crippen LogP contribution in [0.3, 0.4) is 0 Å². The third kappa shape index (κ3) is 2.40. The van der Waals surface area contributed by atoms with E-state index in [9.17, 15) is 4.79 Å². The van der Waals surface area contributed by atoms with Gasteiger partial charge in [-0.1, -0.05) is 36.4 Å². The summed E-state index contributed by atoms with van der Waals surface area (Å²) in [5, 5.41) is 11.9. The third-order valence-corrected chi connectivity index (χ3v) is 2.71. The van der Waals surface area contributed by atoms with E-state index < -0.39 is 0 Å². The summed E-state index contributed by atoms with van der Waals surface area (Å²) in [5.74, 6) is -0.199. The maximum Gasteiger partial charge on any atom is 0.230 e. The summed E-state index contributed by atoms with van der Waals surface area (Å²) < 4.78 is 5.40. The first-order valence-electron chi connectivity index (χ1n) is 5.96. The highest BCUT2D eigenvalue weighted by Crippen LogP contribution is 2.30. The summed E-state index contributed by atoms with van der Waals surface area (Å²) in [4.78, 5) is 12.3. The highest BCUT2D eigenvalue weighted by Gasteiger charge is 2.23. The molecule has 0 aliphatic rings. The van der Waals surface area contributed by atoms with Crippen LogP contribution in [-0.4, -0.2) is 12.3 Å². The predicted octanol–water partition coefficient (Wildman–Crippen LogP) is 2.56. The molecule has 0 saturated carbocycles. The van der Waals surface area contributed by atoms with Crippen LogP contribution in [0.15, 0.2) is 47.4 Å². The molecule has 2 aromatic rings. The van der Waals surface area contributed by atoms with Crippen LogP contribution in [-0.2, 0) is 0 Å². The molecule has 20 heavy (non-hydrogen) atoms. The number of hydrogen-bond acceptors (Lipinski definition) is 5. The van der Waals surface area contributed by atoms with Crippen molar-refractivity contribution in [2.75, 3.05) is 17.6 Å². The van der Waals surface area contributed by atoms with Crippen LogP contribution in [0.25, 0.3) is 0 Å². The molecule has 2 rings (SSSR count). The molecule has 1 aromatic carbocycles. The normalized spacial score (nSPS) is 9.75. The highest BCUT2D eigenvalue weighted by atomic mass is 16.4. The van der Waals surface area contributed by atoms with E-state index in [2.05, 4.69) is 11.9 Å². The van der Waals surface area contributed by atoms with Gasteiger partial charge in [-0.25, -0.2) is 0 Å². The quantitative estimate of drug-likeness (QED) is 0.641. The maximum absolute atomic E-state index is 12.3. The average molecular weight is 267 g/mol. The van der Waals surface area contributed by atoms with Gasteiger partial charge in [0.2, 0.25) is 17.4 Å². The zero-order chi connectivity index (χ0) is 14.5. The Kier molecular flexibility index (Phi) is 3.87. The number of nitrogens with zero attached hydrogens (tertiary/aromatic N) is 1. The smallest absolute Gasteiger partial charge is 0.230 e. The van der Waals surface area contributed by atoms with E-state index in [0.29, 0.717) is 12.1 Å². The minimum Gasteiger partial charge on any atom is -0.433 e. The van der Waals surface area contributed by atoms with Crippen LogP contribution in [0.1, 0.15) is 21.7 Å². The number of anilines is 2. The van der Waals surface area contributed by atoms with Crippen LogP contribution >= 0.6 is 0 Å². The number of carbonyl (C=O) groups excluding carboxylic acids is 1. The van der Waals surface area contributed by atoms with Crippen LogP contribution in [0.5, 0.6) is 0 Å². The Balaban J connectivity index is 2.43. The number of rotatable bonds is 5. The summed E-state index contributed by atoms with van der Waals surface area (Å²) >= 11 is 0. The zero-order valence-corrected chi connectivity index (χ0v) is 10.7. The second kappa shape index (κ2) is 5.76. The van der Waals surface area contributed by atoms with Gasteiger partial charge in [0.05, 0.1) is 0 Å². The Morgan fingerprint density at radius 2 is 2.15 bits per heavy atom. The standard InChI is InChI=1S/C15H13N3O2/c1-2-8-18-15-11(9-16)12(17)14(20-15)13(19)10-6-4-3-5-7-10/h2-7,18H,1,8,17H2. The molecule has 0 radical (unpaired) electrons. The van der Waals surface area contributed by atoms with Crippen molar-refractivity contribution in [3.8, 4) is 6.07 Å². The molecular formula is C15H13N3O2. The lowest BCUT2D eigenvalue weighted by Crippen LogP contribution is -2.03. The summed E-state index contributed by atoms with van der Waals surface area (Å²) in [6.45, 7) is 3.96. The number of furan rings is 1. The lowest BCUT2D eigenvalue weighted by molar-refractivity contribution is 0.101. The molecular weight excluding hydrogens is 254 g/mol. The summed E-state index contributed by atoms with van der Waals surface area (Å²) in [7, 11) is 0. The van der Waals surface area contributed by atoms with Crippen LogP contribution in [0.4, 0.5) is 11.6 Å². The van der Waals surface area contributed by atoms with Crippen molar-refractivity contribution in [2.24, 2.45) is 0 Å². The molecule has 0 saturated heterocycles. The summed E-state index contributed by atoms with van der Waals surface area (Å²) in [5.41, 5.74) is 6.45. The van der Waals surface area contributed by atoms with E-state index in [0.717, 1.165) is 0 Å². The van der Waals surface area contributed by atoms with Crippen molar-refractivity contribution in [1.82, 2.24) is 0 Å². The van der Waals surface area contributed by atoms with Gasteiger partial charge in [-0.2, -0.15) is 5.26 Å². The molecule has 0 bridgehead atoms. The molecule has 1 heterocycles. The molecule has 3 N–H and O–H groups in total. The van der Waals surface area contributed by atoms with Gasteiger partial charge in [0.1, 0.15) is 17.3 Å². The fourth-order valence-corrected chi connectivity index (χ4v) is 1.73. The van der Waals surface area contributed by atoms with Gasteiger partial charge in [-0.05, 0) is 0 Å². The lowest BCUT2D eigenvalue weighted by Gasteiger charge is -1.99. The molecule has 0 fully saturated rings. The van der Waals surface area contributed by atoms with Gasteiger partial charge in [-0.15, -0.1) is 6.58 Å². The maximum atomic E-state index is 12.3. The largest absolute Gasteiger partial charge is 0.433 e. The summed E-state index contributed by atoms with van der Waals surface area (Å²) in [6.07, 6.45) is 1.61. The van der Waals surface area contributed by atoms with Gasteiger partial charge in [-0.3, -0.25) is 4.79 Å². The van der Waals surface area contributed by atoms with Gasteiger partial charge in [0, 0.05) is 12.1 Å². The average Bonchev–Trinajstić information content (AvgIpc) is 2.81.